The van der Waals surface area contributed by atoms with E-state index in [0.29, 0.717) is 17.4 Å². The van der Waals surface area contributed by atoms with Crippen molar-refractivity contribution in [1.82, 2.24) is 4.98 Å². The van der Waals surface area contributed by atoms with Crippen molar-refractivity contribution in [2.24, 2.45) is 5.10 Å². The van der Waals surface area contributed by atoms with Crippen molar-refractivity contribution in [3.63, 3.8) is 0 Å². The summed E-state index contributed by atoms with van der Waals surface area (Å²) in [6, 6.07) is 3.95. The van der Waals surface area contributed by atoms with Crippen molar-refractivity contribution in [2.45, 2.75) is 13.3 Å². The summed E-state index contributed by atoms with van der Waals surface area (Å²) in [6.45, 7) is 2.03. The molecule has 0 amide bonds. The maximum atomic E-state index is 13.8. The summed E-state index contributed by atoms with van der Waals surface area (Å²) in [5.74, 6) is -1.00. The topological polar surface area (TPSA) is 104 Å². The summed E-state index contributed by atoms with van der Waals surface area (Å²) in [7, 11) is -1.81. The minimum absolute atomic E-state index is 0.00249. The highest BCUT2D eigenvalue weighted by Crippen LogP contribution is 2.16. The molecule has 0 radical (unpaired) electrons. The van der Waals surface area contributed by atoms with Crippen molar-refractivity contribution in [3.8, 4) is 0 Å². The minimum atomic E-state index is -1.81. The average molecular weight is 351 g/mol. The number of nitrogens with zero attached hydrogens (tertiary/aromatic N) is 2. The number of hydrogen-bond acceptors (Lipinski definition) is 8. The molecule has 24 heavy (non-hydrogen) atoms. The number of esters is 1. The smallest absolute Gasteiger partial charge is 0.466 e. The number of aromatic nitrogens is 1. The van der Waals surface area contributed by atoms with Gasteiger partial charge in [-0.3, -0.25) is 10.2 Å². The number of nitrogens with one attached hydrogen (secondary N) is 1. The molecular formula is C14H15BFN3O4S. The Bertz CT molecular complexity index is 739. The number of rotatable bonds is 7. The van der Waals surface area contributed by atoms with Gasteiger partial charge in [-0.05, 0) is 18.5 Å². The van der Waals surface area contributed by atoms with E-state index in [1.165, 1.54) is 29.5 Å². The fraction of sp³-hybridized carbons (Fsp3) is 0.214. The molecule has 0 aliphatic carbocycles. The maximum absolute atomic E-state index is 13.8. The molecule has 3 N–H and O–H groups in total. The lowest BCUT2D eigenvalue weighted by Gasteiger charge is -2.05. The number of thiazole rings is 1. The predicted molar refractivity (Wildman–Crippen MR) is 89.9 cm³/mol. The second kappa shape index (κ2) is 8.53. The van der Waals surface area contributed by atoms with Gasteiger partial charge in [0.15, 0.2) is 0 Å². The van der Waals surface area contributed by atoms with E-state index in [1.54, 1.807) is 12.3 Å². The highest BCUT2D eigenvalue weighted by molar-refractivity contribution is 7.13. The fourth-order valence-electron chi connectivity index (χ4n) is 1.87. The van der Waals surface area contributed by atoms with Crippen LogP contribution in [0.3, 0.4) is 0 Å². The van der Waals surface area contributed by atoms with E-state index in [9.17, 15) is 19.2 Å². The Morgan fingerprint density at radius 1 is 1.54 bits per heavy atom. The number of carbonyl (C=O) groups is 1. The molecule has 1 aromatic carbocycles. The van der Waals surface area contributed by atoms with Gasteiger partial charge in [0.05, 0.1) is 24.9 Å². The van der Waals surface area contributed by atoms with Gasteiger partial charge in [-0.1, -0.05) is 12.1 Å². The molecule has 126 valence electrons. The van der Waals surface area contributed by atoms with Crippen LogP contribution in [-0.4, -0.2) is 40.9 Å². The van der Waals surface area contributed by atoms with Crippen LogP contribution in [0.1, 0.15) is 18.2 Å². The normalized spacial score (nSPS) is 10.8. The molecule has 10 heteroatoms. The molecule has 2 aromatic rings. The van der Waals surface area contributed by atoms with Crippen LogP contribution in [0.4, 0.5) is 9.52 Å². The molecule has 0 bridgehead atoms. The number of hydrazone groups is 1. The Hall–Kier alpha value is -2.30. The molecule has 0 saturated heterocycles. The molecule has 1 heterocycles. The van der Waals surface area contributed by atoms with Gasteiger partial charge in [0, 0.05) is 10.9 Å². The molecular weight excluding hydrogens is 336 g/mol. The van der Waals surface area contributed by atoms with Gasteiger partial charge in [-0.25, -0.2) is 9.37 Å². The Morgan fingerprint density at radius 3 is 3.04 bits per heavy atom. The number of ether oxygens (including phenoxy) is 1. The lowest BCUT2D eigenvalue weighted by atomic mass is 9.77. The van der Waals surface area contributed by atoms with Gasteiger partial charge >= 0.3 is 13.1 Å². The fourth-order valence-corrected chi connectivity index (χ4v) is 2.53. The second-order valence-corrected chi connectivity index (χ2v) is 5.47. The van der Waals surface area contributed by atoms with Gasteiger partial charge in [0.25, 0.3) is 0 Å². The Labute approximate surface area is 142 Å². The van der Waals surface area contributed by atoms with Crippen LogP contribution in [0.5, 0.6) is 0 Å². The van der Waals surface area contributed by atoms with Crippen molar-refractivity contribution in [1.29, 1.82) is 0 Å². The maximum Gasteiger partial charge on any atom is 0.489 e. The molecule has 0 atom stereocenters. The lowest BCUT2D eigenvalue weighted by molar-refractivity contribution is -0.142. The van der Waals surface area contributed by atoms with E-state index in [-0.39, 0.29) is 23.4 Å². The summed E-state index contributed by atoms with van der Waals surface area (Å²) in [4.78, 5) is 15.5. The van der Waals surface area contributed by atoms with Crippen LogP contribution >= 0.6 is 11.3 Å². The average Bonchev–Trinajstić information content (AvgIpc) is 2.96. The quantitative estimate of drug-likeness (QED) is 0.291. The number of benzene rings is 1. The zero-order valence-corrected chi connectivity index (χ0v) is 13.6. The molecule has 0 saturated carbocycles. The Morgan fingerprint density at radius 2 is 2.33 bits per heavy atom. The monoisotopic (exact) mass is 351 g/mol. The zero-order valence-electron chi connectivity index (χ0n) is 12.8. The first-order valence-electron chi connectivity index (χ1n) is 7.05. The summed E-state index contributed by atoms with van der Waals surface area (Å²) in [5, 5.41) is 24.4. The van der Waals surface area contributed by atoms with E-state index >= 15 is 0 Å². The van der Waals surface area contributed by atoms with Crippen molar-refractivity contribution in [2.75, 3.05) is 12.0 Å². The van der Waals surface area contributed by atoms with Crippen LogP contribution in [0, 0.1) is 5.82 Å². The lowest BCUT2D eigenvalue weighted by Crippen LogP contribution is -2.33. The highest BCUT2D eigenvalue weighted by Gasteiger charge is 2.17. The van der Waals surface area contributed by atoms with Crippen LogP contribution in [0.15, 0.2) is 28.7 Å². The van der Waals surface area contributed by atoms with Gasteiger partial charge in [0.2, 0.25) is 5.13 Å². The molecule has 0 fully saturated rings. The third kappa shape index (κ3) is 4.85. The van der Waals surface area contributed by atoms with Gasteiger partial charge < -0.3 is 14.8 Å². The minimum Gasteiger partial charge on any atom is -0.466 e. The second-order valence-electron chi connectivity index (χ2n) is 4.61. The molecule has 0 spiro atoms. The highest BCUT2D eigenvalue weighted by atomic mass is 32.1. The van der Waals surface area contributed by atoms with E-state index in [0.717, 1.165) is 6.21 Å². The summed E-state index contributed by atoms with van der Waals surface area (Å²) in [6.07, 6.45) is 1.19. The third-order valence-electron chi connectivity index (χ3n) is 2.90. The van der Waals surface area contributed by atoms with E-state index < -0.39 is 12.9 Å². The van der Waals surface area contributed by atoms with Gasteiger partial charge in [-0.15, -0.1) is 11.3 Å². The third-order valence-corrected chi connectivity index (χ3v) is 3.70. The van der Waals surface area contributed by atoms with Crippen LogP contribution in [0.2, 0.25) is 0 Å². The van der Waals surface area contributed by atoms with Crippen LogP contribution in [-0.2, 0) is 16.0 Å². The standard InChI is InChI=1S/C14H15BFN3O4S/c1-2-23-13(20)6-9-8-24-14(18-9)19-17-7-10-11(15(21)22)4-3-5-12(10)16/h3-5,7-8,21-22H,2,6H2,1H3,(H,18,19). The van der Waals surface area contributed by atoms with E-state index in [4.69, 9.17) is 4.74 Å². The van der Waals surface area contributed by atoms with Crippen LogP contribution in [0.25, 0.3) is 0 Å². The van der Waals surface area contributed by atoms with E-state index in [2.05, 4.69) is 15.5 Å². The predicted octanol–water partition coefficient (Wildman–Crippen LogP) is 0.514. The summed E-state index contributed by atoms with van der Waals surface area (Å²) >= 11 is 1.22. The molecule has 0 unspecified atom stereocenters. The first kappa shape index (κ1) is 18.0. The number of halogens is 1. The Balaban J connectivity index is 2.03. The molecule has 0 aliphatic rings. The first-order valence-corrected chi connectivity index (χ1v) is 7.93. The van der Waals surface area contributed by atoms with Crippen molar-refractivity contribution < 1.29 is 24.0 Å². The summed E-state index contributed by atoms with van der Waals surface area (Å²) < 4.78 is 18.6. The summed E-state index contributed by atoms with van der Waals surface area (Å²) in [5.41, 5.74) is 3.11. The molecule has 0 aliphatic heterocycles. The van der Waals surface area contributed by atoms with Crippen LogP contribution < -0.4 is 10.9 Å². The number of carbonyl (C=O) groups excluding carboxylic acids is 1. The van der Waals surface area contributed by atoms with E-state index in [1.807, 2.05) is 0 Å². The van der Waals surface area contributed by atoms with Crippen molar-refractivity contribution >= 4 is 41.2 Å². The Kier molecular flexibility index (Phi) is 6.41. The largest absolute Gasteiger partial charge is 0.489 e. The molecule has 7 nitrogen and oxygen atoms in total. The SMILES string of the molecule is CCOC(=O)Cc1csc(NN=Cc2c(F)cccc2B(O)O)n1. The zero-order chi connectivity index (χ0) is 17.5. The molecule has 2 rings (SSSR count). The van der Waals surface area contributed by atoms with Crippen molar-refractivity contribution in [3.05, 3.63) is 40.7 Å². The van der Waals surface area contributed by atoms with Gasteiger partial charge in [-0.2, -0.15) is 5.10 Å². The van der Waals surface area contributed by atoms with Gasteiger partial charge in [0.1, 0.15) is 5.82 Å². The molecule has 1 aromatic heterocycles. The number of hydrogen-bond donors (Lipinski definition) is 3. The number of anilines is 1. The first-order chi connectivity index (χ1) is 11.5.